The molecule has 0 aromatic rings. The second-order valence-electron chi connectivity index (χ2n) is 4.33. The second-order valence-corrected chi connectivity index (χ2v) is 4.33. The molecule has 12 heavy (non-hydrogen) atoms. The van der Waals surface area contributed by atoms with Crippen LogP contribution in [0.4, 0.5) is 0 Å². The lowest BCUT2D eigenvalue weighted by molar-refractivity contribution is -0.144. The van der Waals surface area contributed by atoms with Gasteiger partial charge < -0.3 is 5.11 Å². The lowest BCUT2D eigenvalue weighted by Gasteiger charge is -2.21. The molecule has 70 valence electrons. The van der Waals surface area contributed by atoms with Crippen molar-refractivity contribution in [1.29, 1.82) is 0 Å². The summed E-state index contributed by atoms with van der Waals surface area (Å²) < 4.78 is 0. The Morgan fingerprint density at radius 2 is 2.00 bits per heavy atom. The van der Waals surface area contributed by atoms with Gasteiger partial charge in [-0.15, -0.1) is 0 Å². The SMILES string of the molecule is CC1CC[C@H](C(C)C)C1C(=O)O. The molecule has 1 N–H and O–H groups in total. The van der Waals surface area contributed by atoms with Crippen molar-refractivity contribution in [2.45, 2.75) is 33.6 Å². The number of aliphatic carboxylic acids is 1. The molecule has 0 amide bonds. The smallest absolute Gasteiger partial charge is 0.307 e. The fraction of sp³-hybridized carbons (Fsp3) is 0.900. The summed E-state index contributed by atoms with van der Waals surface area (Å²) in [5.41, 5.74) is 0. The highest BCUT2D eigenvalue weighted by Crippen LogP contribution is 2.40. The summed E-state index contributed by atoms with van der Waals surface area (Å²) in [6, 6.07) is 0. The van der Waals surface area contributed by atoms with Gasteiger partial charge >= 0.3 is 5.97 Å². The van der Waals surface area contributed by atoms with E-state index in [9.17, 15) is 4.79 Å². The van der Waals surface area contributed by atoms with Crippen molar-refractivity contribution in [3.05, 3.63) is 0 Å². The molecule has 0 radical (unpaired) electrons. The lowest BCUT2D eigenvalue weighted by Crippen LogP contribution is -2.26. The number of carbonyl (C=O) groups is 1. The summed E-state index contributed by atoms with van der Waals surface area (Å²) in [6.45, 7) is 6.30. The minimum Gasteiger partial charge on any atom is -0.481 e. The highest BCUT2D eigenvalue weighted by atomic mass is 16.4. The van der Waals surface area contributed by atoms with Crippen LogP contribution in [0.15, 0.2) is 0 Å². The van der Waals surface area contributed by atoms with E-state index >= 15 is 0 Å². The van der Waals surface area contributed by atoms with Gasteiger partial charge in [0.25, 0.3) is 0 Å². The van der Waals surface area contributed by atoms with E-state index in [0.29, 0.717) is 17.8 Å². The van der Waals surface area contributed by atoms with Crippen molar-refractivity contribution in [3.8, 4) is 0 Å². The first kappa shape index (κ1) is 9.56. The molecule has 0 aromatic heterocycles. The molecule has 0 heterocycles. The molecule has 2 unspecified atom stereocenters. The first-order chi connectivity index (χ1) is 5.54. The molecule has 1 fully saturated rings. The molecule has 2 nitrogen and oxygen atoms in total. The maximum absolute atomic E-state index is 10.9. The topological polar surface area (TPSA) is 37.3 Å². The van der Waals surface area contributed by atoms with Gasteiger partial charge in [-0.05, 0) is 30.6 Å². The number of rotatable bonds is 2. The molecule has 0 bridgehead atoms. The third-order valence-electron chi connectivity index (χ3n) is 3.17. The maximum Gasteiger partial charge on any atom is 0.307 e. The van der Waals surface area contributed by atoms with Crippen LogP contribution in [0.25, 0.3) is 0 Å². The first-order valence-corrected chi connectivity index (χ1v) is 4.76. The lowest BCUT2D eigenvalue weighted by atomic mass is 9.83. The summed E-state index contributed by atoms with van der Waals surface area (Å²) in [6.07, 6.45) is 2.18. The highest BCUT2D eigenvalue weighted by Gasteiger charge is 2.39. The van der Waals surface area contributed by atoms with Crippen LogP contribution in [0.5, 0.6) is 0 Å². The Morgan fingerprint density at radius 1 is 1.42 bits per heavy atom. The van der Waals surface area contributed by atoms with Crippen LogP contribution in [-0.4, -0.2) is 11.1 Å². The fourth-order valence-corrected chi connectivity index (χ4v) is 2.41. The Hall–Kier alpha value is -0.530. The minimum atomic E-state index is -0.598. The summed E-state index contributed by atoms with van der Waals surface area (Å²) in [5.74, 6) is 0.590. The van der Waals surface area contributed by atoms with E-state index in [2.05, 4.69) is 20.8 Å². The maximum atomic E-state index is 10.9. The average Bonchev–Trinajstić information content (AvgIpc) is 2.30. The van der Waals surface area contributed by atoms with Crippen molar-refractivity contribution in [2.75, 3.05) is 0 Å². The van der Waals surface area contributed by atoms with Gasteiger partial charge in [0, 0.05) is 0 Å². The van der Waals surface area contributed by atoms with Gasteiger partial charge in [-0.1, -0.05) is 20.8 Å². The molecule has 0 saturated heterocycles. The van der Waals surface area contributed by atoms with E-state index in [4.69, 9.17) is 5.11 Å². The van der Waals surface area contributed by atoms with Crippen molar-refractivity contribution in [1.82, 2.24) is 0 Å². The third-order valence-corrected chi connectivity index (χ3v) is 3.17. The van der Waals surface area contributed by atoms with Gasteiger partial charge in [0.05, 0.1) is 5.92 Å². The van der Waals surface area contributed by atoms with Crippen LogP contribution < -0.4 is 0 Å². The average molecular weight is 170 g/mol. The van der Waals surface area contributed by atoms with Crippen LogP contribution in [0.3, 0.4) is 0 Å². The molecule has 3 atom stereocenters. The van der Waals surface area contributed by atoms with Gasteiger partial charge in [-0.2, -0.15) is 0 Å². The zero-order valence-electron chi connectivity index (χ0n) is 8.08. The van der Waals surface area contributed by atoms with Gasteiger partial charge in [-0.3, -0.25) is 4.79 Å². The predicted molar refractivity (Wildman–Crippen MR) is 47.9 cm³/mol. The molecule has 2 heteroatoms. The van der Waals surface area contributed by atoms with E-state index < -0.39 is 5.97 Å². The van der Waals surface area contributed by atoms with Crippen molar-refractivity contribution in [2.24, 2.45) is 23.7 Å². The number of carboxylic acid groups (broad SMARTS) is 1. The largest absolute Gasteiger partial charge is 0.481 e. The van der Waals surface area contributed by atoms with Gasteiger partial charge in [0.15, 0.2) is 0 Å². The van der Waals surface area contributed by atoms with E-state index in [1.165, 1.54) is 0 Å². The number of hydrogen-bond donors (Lipinski definition) is 1. The first-order valence-electron chi connectivity index (χ1n) is 4.76. The molecule has 0 spiro atoms. The van der Waals surface area contributed by atoms with Crippen molar-refractivity contribution < 1.29 is 9.90 Å². The normalized spacial score (nSPS) is 35.8. The predicted octanol–water partition coefficient (Wildman–Crippen LogP) is 2.39. The number of carboxylic acids is 1. The molecule has 0 aromatic carbocycles. The zero-order chi connectivity index (χ0) is 9.30. The standard InChI is InChI=1S/C10H18O2/c1-6(2)8-5-4-7(3)9(8)10(11)12/h6-9H,4-5H2,1-3H3,(H,11,12)/t7?,8-,9?/m1/s1. The molecular weight excluding hydrogens is 152 g/mol. The Balaban J connectivity index is 2.70. The highest BCUT2D eigenvalue weighted by molar-refractivity contribution is 5.71. The van der Waals surface area contributed by atoms with Crippen LogP contribution in [0.2, 0.25) is 0 Å². The Kier molecular flexibility index (Phi) is 2.76. The van der Waals surface area contributed by atoms with Gasteiger partial charge in [0.1, 0.15) is 0 Å². The monoisotopic (exact) mass is 170 g/mol. The van der Waals surface area contributed by atoms with E-state index in [0.717, 1.165) is 12.8 Å². The van der Waals surface area contributed by atoms with E-state index in [-0.39, 0.29) is 5.92 Å². The second kappa shape index (κ2) is 3.46. The van der Waals surface area contributed by atoms with Gasteiger partial charge in [0.2, 0.25) is 0 Å². The third kappa shape index (κ3) is 1.62. The molecule has 1 rings (SSSR count). The van der Waals surface area contributed by atoms with Crippen LogP contribution in [0, 0.1) is 23.7 Å². The van der Waals surface area contributed by atoms with Crippen molar-refractivity contribution >= 4 is 5.97 Å². The minimum absolute atomic E-state index is 0.0926. The zero-order valence-corrected chi connectivity index (χ0v) is 8.08. The summed E-state index contributed by atoms with van der Waals surface area (Å²) >= 11 is 0. The van der Waals surface area contributed by atoms with E-state index in [1.54, 1.807) is 0 Å². The molecular formula is C10H18O2. The van der Waals surface area contributed by atoms with Crippen LogP contribution in [-0.2, 0) is 4.79 Å². The molecule has 1 aliphatic rings. The fourth-order valence-electron chi connectivity index (χ4n) is 2.41. The Labute approximate surface area is 74.0 Å². The van der Waals surface area contributed by atoms with Crippen LogP contribution in [0.1, 0.15) is 33.6 Å². The summed E-state index contributed by atoms with van der Waals surface area (Å²) in [4.78, 5) is 10.9. The van der Waals surface area contributed by atoms with E-state index in [1.807, 2.05) is 0 Å². The number of hydrogen-bond acceptors (Lipinski definition) is 1. The Bertz CT molecular complexity index is 175. The van der Waals surface area contributed by atoms with Crippen LogP contribution >= 0.6 is 0 Å². The summed E-state index contributed by atoms with van der Waals surface area (Å²) in [7, 11) is 0. The Morgan fingerprint density at radius 3 is 2.33 bits per heavy atom. The molecule has 0 aliphatic heterocycles. The molecule has 1 aliphatic carbocycles. The van der Waals surface area contributed by atoms with Gasteiger partial charge in [-0.25, -0.2) is 0 Å². The quantitative estimate of drug-likeness (QED) is 0.691. The van der Waals surface area contributed by atoms with Crippen molar-refractivity contribution in [3.63, 3.8) is 0 Å². The summed E-state index contributed by atoms with van der Waals surface area (Å²) in [5, 5.41) is 9.00. The molecule has 1 saturated carbocycles.